The zero-order valence-electron chi connectivity index (χ0n) is 17.0. The second-order valence-electron chi connectivity index (χ2n) is 7.09. The average molecular weight is 518 g/mol. The van der Waals surface area contributed by atoms with Crippen molar-refractivity contribution < 1.29 is 39.5 Å². The molecule has 184 valence electrons. The van der Waals surface area contributed by atoms with Crippen LogP contribution in [-0.4, -0.2) is 23.4 Å². The van der Waals surface area contributed by atoms with E-state index in [2.05, 4.69) is 15.0 Å². The lowest BCUT2D eigenvalue weighted by Gasteiger charge is -2.15. The highest BCUT2D eigenvalue weighted by molar-refractivity contribution is 7.92. The number of H-pyrrole nitrogens is 2. The van der Waals surface area contributed by atoms with Gasteiger partial charge in [0.25, 0.3) is 10.0 Å². The molecule has 35 heavy (non-hydrogen) atoms. The number of hydrogen-bond acceptors (Lipinski definition) is 5. The van der Waals surface area contributed by atoms with Crippen LogP contribution in [0, 0.1) is 0 Å². The zero-order chi connectivity index (χ0) is 25.6. The van der Waals surface area contributed by atoms with Crippen molar-refractivity contribution in [3.05, 3.63) is 76.3 Å². The van der Waals surface area contributed by atoms with Crippen LogP contribution in [0.15, 0.2) is 64.4 Å². The maximum absolute atomic E-state index is 13.1. The SMILES string of the molecule is O=c1[nH]c2nccc(Oc3ccc(NS(=O)(=O)c4cc(C(F)(F)F)cc(C(F)(F)F)c4)cc3)c2[nH]1. The minimum atomic E-state index is -5.20. The predicted molar refractivity (Wildman–Crippen MR) is 110 cm³/mol. The van der Waals surface area contributed by atoms with Crippen molar-refractivity contribution in [2.24, 2.45) is 0 Å². The van der Waals surface area contributed by atoms with Crippen LogP contribution in [0.3, 0.4) is 0 Å². The highest BCUT2D eigenvalue weighted by Crippen LogP contribution is 2.37. The number of imidazole rings is 1. The molecule has 2 aromatic carbocycles. The number of pyridine rings is 1. The summed E-state index contributed by atoms with van der Waals surface area (Å²) in [7, 11) is -4.82. The van der Waals surface area contributed by atoms with Gasteiger partial charge in [0.15, 0.2) is 11.4 Å². The molecule has 0 atom stereocenters. The molecule has 2 aromatic heterocycles. The Hall–Kier alpha value is -4.01. The summed E-state index contributed by atoms with van der Waals surface area (Å²) in [4.78, 5) is 19.1. The first-order chi connectivity index (χ1) is 16.2. The van der Waals surface area contributed by atoms with Crippen molar-refractivity contribution in [2.45, 2.75) is 17.2 Å². The molecule has 0 spiro atoms. The van der Waals surface area contributed by atoms with Gasteiger partial charge in [-0.25, -0.2) is 18.2 Å². The molecule has 3 N–H and O–H groups in total. The van der Waals surface area contributed by atoms with Crippen LogP contribution < -0.4 is 15.1 Å². The van der Waals surface area contributed by atoms with Gasteiger partial charge in [-0.3, -0.25) is 9.71 Å². The topological polar surface area (TPSA) is 117 Å². The first-order valence-electron chi connectivity index (χ1n) is 9.40. The number of benzene rings is 2. The summed E-state index contributed by atoms with van der Waals surface area (Å²) in [6, 6.07) is 6.47. The number of alkyl halides is 6. The van der Waals surface area contributed by atoms with Crippen molar-refractivity contribution in [1.29, 1.82) is 0 Å². The number of halogens is 6. The molecule has 0 aliphatic carbocycles. The van der Waals surface area contributed by atoms with Crippen molar-refractivity contribution >= 4 is 26.9 Å². The maximum Gasteiger partial charge on any atom is 0.416 e. The number of anilines is 1. The third kappa shape index (κ3) is 5.24. The monoisotopic (exact) mass is 518 g/mol. The minimum absolute atomic E-state index is 0.112. The quantitative estimate of drug-likeness (QED) is 0.326. The number of rotatable bonds is 5. The second kappa shape index (κ2) is 8.33. The normalized spacial score (nSPS) is 12.6. The van der Waals surface area contributed by atoms with Gasteiger partial charge in [-0.2, -0.15) is 26.3 Å². The Morgan fingerprint density at radius 3 is 2.03 bits per heavy atom. The summed E-state index contributed by atoms with van der Waals surface area (Å²) >= 11 is 0. The molecule has 0 saturated carbocycles. The summed E-state index contributed by atoms with van der Waals surface area (Å²) in [5.74, 6) is 0.395. The van der Waals surface area contributed by atoms with Crippen LogP contribution in [0.25, 0.3) is 11.2 Å². The Balaban J connectivity index is 1.60. The van der Waals surface area contributed by atoms with Gasteiger partial charge in [0.1, 0.15) is 11.3 Å². The van der Waals surface area contributed by atoms with E-state index < -0.39 is 44.1 Å². The van der Waals surface area contributed by atoms with Gasteiger partial charge >= 0.3 is 18.0 Å². The molecular formula is C20H12F6N4O4S. The molecule has 0 radical (unpaired) electrons. The Labute approximate surface area is 191 Å². The van der Waals surface area contributed by atoms with Crippen molar-refractivity contribution in [2.75, 3.05) is 4.72 Å². The van der Waals surface area contributed by atoms with Gasteiger partial charge in [-0.1, -0.05) is 0 Å². The van der Waals surface area contributed by atoms with E-state index in [9.17, 15) is 39.6 Å². The van der Waals surface area contributed by atoms with Gasteiger partial charge in [-0.05, 0) is 42.5 Å². The fourth-order valence-corrected chi connectivity index (χ4v) is 4.14. The van der Waals surface area contributed by atoms with Crippen LogP contribution in [0.1, 0.15) is 11.1 Å². The summed E-state index contributed by atoms with van der Waals surface area (Å²) in [5, 5.41) is 0. The standard InChI is InChI=1S/C20H12F6N4O4S/c21-19(22,23)10-7-11(20(24,25)26)9-14(8-10)35(32,33)30-12-1-3-13(4-2-12)34-15-5-6-27-17-16(15)28-18(31)29-17/h1-9,30H,(H2,27,28,29,31). The lowest BCUT2D eigenvalue weighted by molar-refractivity contribution is -0.143. The van der Waals surface area contributed by atoms with Crippen LogP contribution in [0.4, 0.5) is 32.0 Å². The van der Waals surface area contributed by atoms with Gasteiger partial charge in [0, 0.05) is 18.0 Å². The maximum atomic E-state index is 13.1. The first kappa shape index (κ1) is 24.1. The lowest BCUT2D eigenvalue weighted by atomic mass is 10.1. The second-order valence-corrected chi connectivity index (χ2v) is 8.77. The lowest BCUT2D eigenvalue weighted by Crippen LogP contribution is -2.17. The molecule has 0 bridgehead atoms. The molecule has 0 fully saturated rings. The molecule has 8 nitrogen and oxygen atoms in total. The summed E-state index contributed by atoms with van der Waals surface area (Å²) < 4.78 is 111. The molecule has 0 amide bonds. The number of ether oxygens (including phenoxy) is 1. The first-order valence-corrected chi connectivity index (χ1v) is 10.9. The van der Waals surface area contributed by atoms with Crippen molar-refractivity contribution in [3.8, 4) is 11.5 Å². The fourth-order valence-electron chi connectivity index (χ4n) is 3.01. The highest BCUT2D eigenvalue weighted by atomic mass is 32.2. The van der Waals surface area contributed by atoms with Crippen molar-refractivity contribution in [1.82, 2.24) is 15.0 Å². The third-order valence-electron chi connectivity index (χ3n) is 4.59. The van der Waals surface area contributed by atoms with E-state index in [4.69, 9.17) is 4.74 Å². The Morgan fingerprint density at radius 2 is 1.46 bits per heavy atom. The number of hydrogen-bond donors (Lipinski definition) is 3. The molecule has 0 unspecified atom stereocenters. The Morgan fingerprint density at radius 1 is 0.857 bits per heavy atom. The molecule has 2 heterocycles. The fraction of sp³-hybridized carbons (Fsp3) is 0.100. The van der Waals surface area contributed by atoms with Gasteiger partial charge in [0.2, 0.25) is 0 Å². The number of nitrogens with zero attached hydrogens (tertiary/aromatic N) is 1. The number of nitrogens with one attached hydrogen (secondary N) is 3. The van der Waals surface area contributed by atoms with E-state index in [0.29, 0.717) is 0 Å². The van der Waals surface area contributed by atoms with E-state index in [-0.39, 0.29) is 46.5 Å². The van der Waals surface area contributed by atoms with Crippen molar-refractivity contribution in [3.63, 3.8) is 0 Å². The van der Waals surface area contributed by atoms with Gasteiger partial charge < -0.3 is 9.72 Å². The molecule has 4 aromatic rings. The average Bonchev–Trinajstić information content (AvgIpc) is 3.15. The smallest absolute Gasteiger partial charge is 0.416 e. The van der Waals surface area contributed by atoms with E-state index >= 15 is 0 Å². The van der Waals surface area contributed by atoms with E-state index in [1.54, 1.807) is 0 Å². The molecule has 0 aliphatic heterocycles. The largest absolute Gasteiger partial charge is 0.455 e. The zero-order valence-corrected chi connectivity index (χ0v) is 17.8. The van der Waals surface area contributed by atoms with Crippen LogP contribution >= 0.6 is 0 Å². The summed E-state index contributed by atoms with van der Waals surface area (Å²) in [5.41, 5.74) is -3.69. The summed E-state index contributed by atoms with van der Waals surface area (Å²) in [6.07, 6.45) is -9.03. The molecular weight excluding hydrogens is 506 g/mol. The molecule has 0 saturated heterocycles. The Kier molecular flexibility index (Phi) is 5.75. The predicted octanol–water partition coefficient (Wildman–Crippen LogP) is 4.88. The highest BCUT2D eigenvalue weighted by Gasteiger charge is 2.38. The third-order valence-corrected chi connectivity index (χ3v) is 5.95. The minimum Gasteiger partial charge on any atom is -0.455 e. The Bertz CT molecular complexity index is 1530. The van der Waals surface area contributed by atoms with Crippen LogP contribution in [-0.2, 0) is 22.4 Å². The van der Waals surface area contributed by atoms with E-state index in [1.807, 2.05) is 4.72 Å². The van der Waals surface area contributed by atoms with E-state index in [1.165, 1.54) is 36.5 Å². The number of fused-ring (bicyclic) bond motifs is 1. The number of sulfonamides is 1. The summed E-state index contributed by atoms with van der Waals surface area (Å²) in [6.45, 7) is 0. The van der Waals surface area contributed by atoms with Gasteiger partial charge in [-0.15, -0.1) is 0 Å². The van der Waals surface area contributed by atoms with Gasteiger partial charge in [0.05, 0.1) is 16.0 Å². The molecule has 4 rings (SSSR count). The molecule has 15 heteroatoms. The number of aromatic nitrogens is 3. The van der Waals surface area contributed by atoms with E-state index in [0.717, 1.165) is 0 Å². The molecule has 0 aliphatic rings. The van der Waals surface area contributed by atoms with Crippen LogP contribution in [0.5, 0.6) is 11.5 Å². The van der Waals surface area contributed by atoms with Crippen LogP contribution in [0.2, 0.25) is 0 Å². The number of aromatic amines is 2.